The summed E-state index contributed by atoms with van der Waals surface area (Å²) < 4.78 is 5.92. The van der Waals surface area contributed by atoms with E-state index >= 15 is 0 Å². The Morgan fingerprint density at radius 1 is 0.879 bits per heavy atom. The van der Waals surface area contributed by atoms with Crippen LogP contribution in [-0.2, 0) is 49.5 Å². The van der Waals surface area contributed by atoms with Crippen LogP contribution in [0.1, 0.15) is 113 Å². The minimum atomic E-state index is -1.71. The largest absolute Gasteiger partial charge is 0.508 e. The van der Waals surface area contributed by atoms with Gasteiger partial charge in [-0.25, -0.2) is 4.79 Å². The number of aliphatic hydroxyl groups is 2. The zero-order valence-corrected chi connectivity index (χ0v) is 40.0. The Labute approximate surface area is 387 Å². The molecule has 3 rings (SSSR count). The number of esters is 1. The number of amides is 7. The molecule has 10 N–H and O–H groups in total. The van der Waals surface area contributed by atoms with Crippen LogP contribution in [0.2, 0.25) is 0 Å². The molecule has 66 heavy (non-hydrogen) atoms. The van der Waals surface area contributed by atoms with Crippen molar-refractivity contribution in [3.05, 3.63) is 29.8 Å². The molecule has 2 aliphatic heterocycles. The van der Waals surface area contributed by atoms with Gasteiger partial charge < -0.3 is 56.9 Å². The van der Waals surface area contributed by atoms with Crippen molar-refractivity contribution in [3.63, 3.8) is 0 Å². The van der Waals surface area contributed by atoms with E-state index in [1.165, 1.54) is 31.0 Å². The maximum atomic E-state index is 14.9. The van der Waals surface area contributed by atoms with Crippen LogP contribution >= 0.6 is 0 Å². The topological polar surface area (TPSA) is 299 Å². The second-order valence-corrected chi connectivity index (χ2v) is 18.6. The average Bonchev–Trinajstić information content (AvgIpc) is 3.25. The molecule has 1 aromatic carbocycles. The van der Waals surface area contributed by atoms with Gasteiger partial charge >= 0.3 is 5.97 Å². The van der Waals surface area contributed by atoms with Crippen LogP contribution in [0.25, 0.3) is 0 Å². The maximum absolute atomic E-state index is 14.9. The number of aromatic hydroxyl groups is 1. The Kier molecular flexibility index (Phi) is 20.8. The number of piperidine rings is 1. The van der Waals surface area contributed by atoms with Crippen molar-refractivity contribution >= 4 is 47.3 Å². The minimum absolute atomic E-state index is 0.0156. The molecule has 0 spiro atoms. The predicted molar refractivity (Wildman–Crippen MR) is 242 cm³/mol. The normalized spacial score (nSPS) is 27.1. The molecule has 2 bridgehead atoms. The number of fused-ring (bicyclic) bond motifs is 2. The Morgan fingerprint density at radius 2 is 1.50 bits per heavy atom. The molecule has 2 heterocycles. The van der Waals surface area contributed by atoms with Gasteiger partial charge in [0.2, 0.25) is 41.4 Å². The molecule has 0 aromatic heterocycles. The van der Waals surface area contributed by atoms with Crippen LogP contribution in [0.15, 0.2) is 24.3 Å². The highest BCUT2D eigenvalue weighted by molar-refractivity contribution is 5.98. The number of benzene rings is 1. The van der Waals surface area contributed by atoms with Gasteiger partial charge in [0.15, 0.2) is 0 Å². The lowest BCUT2D eigenvalue weighted by Crippen LogP contribution is -2.66. The molecule has 12 atom stereocenters. The number of likely N-dealkylation sites (N-methyl/N-ethyl adjacent to an activating group) is 1. The van der Waals surface area contributed by atoms with Gasteiger partial charge in [0.25, 0.3) is 0 Å². The quantitative estimate of drug-likeness (QED) is 0.0797. The number of phenols is 1. The number of nitrogens with one attached hydrogen (secondary N) is 5. The summed E-state index contributed by atoms with van der Waals surface area (Å²) in [6.45, 7) is 15.3. The fraction of sp³-hybridized carbons (Fsp3) is 0.696. The van der Waals surface area contributed by atoms with Crippen molar-refractivity contribution < 1.29 is 58.4 Å². The van der Waals surface area contributed by atoms with Gasteiger partial charge in [0, 0.05) is 19.9 Å². The van der Waals surface area contributed by atoms with Crippen LogP contribution in [0.3, 0.4) is 0 Å². The summed E-state index contributed by atoms with van der Waals surface area (Å²) in [6, 6.07) is -3.59. The molecule has 0 radical (unpaired) electrons. The van der Waals surface area contributed by atoms with Crippen LogP contribution in [0, 0.1) is 23.7 Å². The summed E-state index contributed by atoms with van der Waals surface area (Å²) in [4.78, 5) is 115. The summed E-state index contributed by atoms with van der Waals surface area (Å²) in [5.74, 6) is -8.35. The average molecular weight is 931 g/mol. The van der Waals surface area contributed by atoms with Crippen LogP contribution < -0.4 is 32.3 Å². The van der Waals surface area contributed by atoms with Crippen molar-refractivity contribution in [2.75, 3.05) is 7.05 Å². The zero-order chi connectivity index (χ0) is 49.7. The summed E-state index contributed by atoms with van der Waals surface area (Å²) >= 11 is 0. The summed E-state index contributed by atoms with van der Waals surface area (Å²) in [7, 11) is 1.39. The number of carbonyl (C=O) groups excluding carboxylic acids is 8. The molecular formula is C46H74N8O12. The number of hydrogen-bond donors (Lipinski definition) is 9. The fourth-order valence-electron chi connectivity index (χ4n) is 7.95. The number of phenolic OH excluding ortho intramolecular Hbond substituents is 1. The van der Waals surface area contributed by atoms with Gasteiger partial charge in [-0.1, -0.05) is 80.4 Å². The number of rotatable bonds is 16. The van der Waals surface area contributed by atoms with E-state index in [1.807, 2.05) is 0 Å². The van der Waals surface area contributed by atoms with Gasteiger partial charge in [-0.3, -0.25) is 38.9 Å². The summed E-state index contributed by atoms with van der Waals surface area (Å²) in [6.07, 6.45) is -4.00. The Bertz CT molecular complexity index is 1860. The van der Waals surface area contributed by atoms with Crippen molar-refractivity contribution in [2.24, 2.45) is 29.4 Å². The lowest BCUT2D eigenvalue weighted by molar-refractivity contribution is -0.168. The van der Waals surface area contributed by atoms with E-state index in [9.17, 15) is 53.7 Å². The number of hydrogen-bond acceptors (Lipinski definition) is 13. The van der Waals surface area contributed by atoms with E-state index in [0.29, 0.717) is 18.4 Å². The summed E-state index contributed by atoms with van der Waals surface area (Å²) in [5.41, 5.74) is 5.93. The van der Waals surface area contributed by atoms with Crippen molar-refractivity contribution in [1.29, 1.82) is 0 Å². The maximum Gasteiger partial charge on any atom is 0.329 e. The second-order valence-electron chi connectivity index (χ2n) is 18.6. The van der Waals surface area contributed by atoms with E-state index in [4.69, 9.17) is 10.5 Å². The van der Waals surface area contributed by atoms with E-state index in [2.05, 4.69) is 26.6 Å². The monoisotopic (exact) mass is 931 g/mol. The van der Waals surface area contributed by atoms with E-state index < -0.39 is 120 Å². The highest BCUT2D eigenvalue weighted by Gasteiger charge is 2.47. The Hall–Kier alpha value is -5.34. The molecule has 370 valence electrons. The minimum Gasteiger partial charge on any atom is -0.508 e. The number of nitrogens with two attached hydrogens (primary N) is 1. The molecule has 1 aromatic rings. The number of ether oxygens (including phenoxy) is 1. The first-order valence-electron chi connectivity index (χ1n) is 23.1. The lowest BCUT2D eigenvalue weighted by atomic mass is 9.91. The second kappa shape index (κ2) is 25.0. The molecule has 7 amide bonds. The molecule has 4 unspecified atom stereocenters. The number of carbonyl (C=O) groups is 8. The first-order chi connectivity index (χ1) is 30.9. The Balaban J connectivity index is 2.26. The van der Waals surface area contributed by atoms with Crippen LogP contribution in [0.4, 0.5) is 0 Å². The highest BCUT2D eigenvalue weighted by Crippen LogP contribution is 2.28. The number of aliphatic hydroxyl groups excluding tert-OH is 2. The third kappa shape index (κ3) is 14.8. The first-order valence-corrected chi connectivity index (χ1v) is 23.1. The molecule has 0 aliphatic carbocycles. The van der Waals surface area contributed by atoms with Gasteiger partial charge in [0.05, 0.1) is 6.04 Å². The SMILES string of the molecule is CCC(C)[C@@H]1NC(=O)[C@H](Cc2ccc(O)cc2)N(C)C(=O)[C@H](C(C)CC)N2C(=O)C(CC[C@@H]2O)NC(=O)[C@H](CC(C)C)NC(=O)[C@@H](NC(=O)[C@H](CCC(N)=O)NC(O)C(C)C)[C@@H](C)OC1=O. The standard InChI is InChI=1S/C46H74N8O12/c1-11-25(7)36-46(65)66-27(9)37(52-40(59)30(17-19-34(47)56)48-39(58)24(5)6)43(62)50-32(21-23(3)4)41(60)49-31-18-20-35(57)54(44(31)63)38(26(8)12-2)45(64)53(10)33(42(61)51-36)22-28-13-15-29(55)16-14-28/h13-16,23-27,30-33,35-39,48,55,57-58H,11-12,17-22H2,1-10H3,(H2,47,56)(H,49,60)(H,50,62)(H,51,61)(H,52,59)/t25?,26?,27-,30+,31?,32+,33+,35+,36+,37+,38+,39?/m1/s1. The molecule has 2 aliphatic rings. The molecule has 2 fully saturated rings. The third-order valence-electron chi connectivity index (χ3n) is 12.6. The van der Waals surface area contributed by atoms with Gasteiger partial charge in [-0.15, -0.1) is 0 Å². The van der Waals surface area contributed by atoms with Gasteiger partial charge in [-0.05, 0) is 74.0 Å². The predicted octanol–water partition coefficient (Wildman–Crippen LogP) is 0.292. The summed E-state index contributed by atoms with van der Waals surface area (Å²) in [5, 5.41) is 45.6. The molecule has 20 nitrogen and oxygen atoms in total. The first kappa shape index (κ1) is 55.0. The van der Waals surface area contributed by atoms with Crippen LogP contribution in [0.5, 0.6) is 5.75 Å². The van der Waals surface area contributed by atoms with Crippen molar-refractivity contribution in [2.45, 2.75) is 175 Å². The number of cyclic esters (lactones) is 1. The highest BCUT2D eigenvalue weighted by atomic mass is 16.5. The molecular weight excluding hydrogens is 857 g/mol. The van der Waals surface area contributed by atoms with E-state index in [1.54, 1.807) is 67.5 Å². The molecule has 20 heteroatoms. The third-order valence-corrected chi connectivity index (χ3v) is 12.6. The molecule has 2 saturated heterocycles. The van der Waals surface area contributed by atoms with Gasteiger partial charge in [0.1, 0.15) is 60.6 Å². The van der Waals surface area contributed by atoms with Crippen molar-refractivity contribution in [3.8, 4) is 5.75 Å². The van der Waals surface area contributed by atoms with E-state index in [-0.39, 0.29) is 56.1 Å². The Morgan fingerprint density at radius 3 is 2.06 bits per heavy atom. The number of nitrogens with zero attached hydrogens (tertiary/aromatic N) is 2. The fourth-order valence-corrected chi connectivity index (χ4v) is 7.95. The van der Waals surface area contributed by atoms with Crippen LogP contribution in [-0.4, -0.2) is 140 Å². The zero-order valence-electron chi connectivity index (χ0n) is 40.0. The van der Waals surface area contributed by atoms with Gasteiger partial charge in [-0.2, -0.15) is 0 Å². The smallest absolute Gasteiger partial charge is 0.329 e. The molecule has 0 saturated carbocycles. The lowest BCUT2D eigenvalue weighted by Gasteiger charge is -2.44. The van der Waals surface area contributed by atoms with E-state index in [0.717, 1.165) is 4.90 Å². The number of primary amides is 1. The van der Waals surface area contributed by atoms with Crippen molar-refractivity contribution in [1.82, 2.24) is 36.4 Å².